The second kappa shape index (κ2) is 6.68. The number of carbonyl (C=O) groups is 1. The van der Waals surface area contributed by atoms with Crippen LogP contribution in [0.2, 0.25) is 0 Å². The van der Waals surface area contributed by atoms with E-state index in [0.29, 0.717) is 19.3 Å². The van der Waals surface area contributed by atoms with Gasteiger partial charge in [-0.3, -0.25) is 0 Å². The second-order valence-corrected chi connectivity index (χ2v) is 5.85. The summed E-state index contributed by atoms with van der Waals surface area (Å²) in [5, 5.41) is 13.6. The third-order valence-corrected chi connectivity index (χ3v) is 4.23. The minimum absolute atomic E-state index is 0.0243. The molecule has 0 radical (unpaired) electrons. The summed E-state index contributed by atoms with van der Waals surface area (Å²) in [6, 6.07) is -2.89. The average Bonchev–Trinajstić information content (AvgIpc) is 3.05. The zero-order valence-electron chi connectivity index (χ0n) is 11.7. The van der Waals surface area contributed by atoms with Crippen molar-refractivity contribution in [3.8, 4) is 0 Å². The van der Waals surface area contributed by atoms with Crippen LogP contribution in [0.1, 0.15) is 32.1 Å². The Morgan fingerprint density at radius 1 is 1.29 bits per heavy atom. The maximum Gasteiger partial charge on any atom is 0.408 e. The Labute approximate surface area is 121 Å². The first kappa shape index (κ1) is 16.1. The van der Waals surface area contributed by atoms with Crippen LogP contribution in [0.25, 0.3) is 0 Å². The average molecular weight is 306 g/mol. The van der Waals surface area contributed by atoms with Crippen LogP contribution in [0.15, 0.2) is 12.2 Å². The number of hydrogen-bond donors (Lipinski definition) is 3. The van der Waals surface area contributed by atoms with E-state index >= 15 is 0 Å². The molecule has 0 aromatic rings. The first-order valence-electron chi connectivity index (χ1n) is 7.33. The summed E-state index contributed by atoms with van der Waals surface area (Å²) in [6.07, 6.45) is 2.13. The number of aliphatic hydroxyl groups excluding tert-OH is 1. The lowest BCUT2D eigenvalue weighted by Gasteiger charge is -2.27. The molecule has 0 aromatic heterocycles. The molecule has 0 bridgehead atoms. The maximum absolute atomic E-state index is 13.1. The summed E-state index contributed by atoms with van der Waals surface area (Å²) < 4.78 is 39.2. The molecule has 1 saturated carbocycles. The SMILES string of the molecule is O=C(NC(C1CCCC1)C(F)(F)F)N[C@@H]1C=C[C@H](CO)C1. The molecule has 2 amide bonds. The van der Waals surface area contributed by atoms with Gasteiger partial charge in [0.15, 0.2) is 0 Å². The quantitative estimate of drug-likeness (QED) is 0.698. The number of hydrogen-bond acceptors (Lipinski definition) is 2. The molecule has 3 N–H and O–H groups in total. The summed E-state index contributed by atoms with van der Waals surface area (Å²) in [7, 11) is 0. The fraction of sp³-hybridized carbons (Fsp3) is 0.786. The van der Waals surface area contributed by atoms with Gasteiger partial charge < -0.3 is 15.7 Å². The molecule has 4 nitrogen and oxygen atoms in total. The molecule has 1 fully saturated rings. The van der Waals surface area contributed by atoms with E-state index in [1.165, 1.54) is 0 Å². The Bertz CT molecular complexity index is 392. The minimum atomic E-state index is -4.43. The van der Waals surface area contributed by atoms with E-state index in [9.17, 15) is 18.0 Å². The van der Waals surface area contributed by atoms with Crippen molar-refractivity contribution in [2.75, 3.05) is 6.61 Å². The van der Waals surface area contributed by atoms with Crippen molar-refractivity contribution >= 4 is 6.03 Å². The summed E-state index contributed by atoms with van der Waals surface area (Å²) in [5.74, 6) is -0.566. The molecule has 2 aliphatic carbocycles. The zero-order valence-corrected chi connectivity index (χ0v) is 11.7. The van der Waals surface area contributed by atoms with E-state index in [2.05, 4.69) is 10.6 Å². The number of urea groups is 1. The topological polar surface area (TPSA) is 61.4 Å². The molecular formula is C14H21F3N2O2. The van der Waals surface area contributed by atoms with Gasteiger partial charge in [0.1, 0.15) is 6.04 Å². The predicted molar refractivity (Wildman–Crippen MR) is 71.6 cm³/mol. The highest BCUT2D eigenvalue weighted by Gasteiger charge is 2.46. The molecule has 2 aliphatic rings. The van der Waals surface area contributed by atoms with E-state index in [-0.39, 0.29) is 18.6 Å². The third-order valence-electron chi connectivity index (χ3n) is 4.23. The van der Waals surface area contributed by atoms with Crippen LogP contribution >= 0.6 is 0 Å². The van der Waals surface area contributed by atoms with Gasteiger partial charge in [0.2, 0.25) is 0 Å². The lowest BCUT2D eigenvalue weighted by molar-refractivity contribution is -0.164. The molecule has 0 aromatic carbocycles. The normalized spacial score (nSPS) is 27.8. The lowest BCUT2D eigenvalue weighted by atomic mass is 9.98. The molecule has 2 rings (SSSR count). The molecule has 0 aliphatic heterocycles. The van der Waals surface area contributed by atoms with Gasteiger partial charge in [-0.15, -0.1) is 0 Å². The number of amides is 2. The molecule has 1 unspecified atom stereocenters. The van der Waals surface area contributed by atoms with Gasteiger partial charge in [-0.2, -0.15) is 13.2 Å². The van der Waals surface area contributed by atoms with Crippen molar-refractivity contribution < 1.29 is 23.1 Å². The molecule has 3 atom stereocenters. The van der Waals surface area contributed by atoms with Crippen molar-refractivity contribution in [2.45, 2.75) is 50.4 Å². The molecule has 0 heterocycles. The van der Waals surface area contributed by atoms with E-state index in [4.69, 9.17) is 5.11 Å². The predicted octanol–water partition coefficient (Wildman–Crippen LogP) is 2.34. The minimum Gasteiger partial charge on any atom is -0.396 e. The Hall–Kier alpha value is -1.24. The number of alkyl halides is 3. The van der Waals surface area contributed by atoms with Crippen LogP contribution in [0.3, 0.4) is 0 Å². The van der Waals surface area contributed by atoms with Crippen LogP contribution in [-0.4, -0.2) is 36.0 Å². The van der Waals surface area contributed by atoms with Gasteiger partial charge >= 0.3 is 12.2 Å². The highest BCUT2D eigenvalue weighted by Crippen LogP contribution is 2.35. The van der Waals surface area contributed by atoms with Gasteiger partial charge in [0.25, 0.3) is 0 Å². The van der Waals surface area contributed by atoms with E-state index in [0.717, 1.165) is 12.8 Å². The van der Waals surface area contributed by atoms with Crippen LogP contribution in [0.5, 0.6) is 0 Å². The van der Waals surface area contributed by atoms with Gasteiger partial charge in [-0.1, -0.05) is 25.0 Å². The van der Waals surface area contributed by atoms with Gasteiger partial charge in [-0.25, -0.2) is 4.79 Å². The highest BCUT2D eigenvalue weighted by molar-refractivity contribution is 5.75. The first-order valence-corrected chi connectivity index (χ1v) is 7.33. The molecule has 7 heteroatoms. The number of carbonyl (C=O) groups excluding carboxylic acids is 1. The molecule has 0 saturated heterocycles. The largest absolute Gasteiger partial charge is 0.408 e. The van der Waals surface area contributed by atoms with Crippen LogP contribution in [0.4, 0.5) is 18.0 Å². The fourth-order valence-electron chi connectivity index (χ4n) is 3.13. The summed E-state index contributed by atoms with van der Waals surface area (Å²) in [5.41, 5.74) is 0. The fourth-order valence-corrected chi connectivity index (χ4v) is 3.13. The monoisotopic (exact) mass is 306 g/mol. The Kier molecular flexibility index (Phi) is 5.13. The van der Waals surface area contributed by atoms with Crippen LogP contribution in [0, 0.1) is 11.8 Å². The highest BCUT2D eigenvalue weighted by atomic mass is 19.4. The van der Waals surface area contributed by atoms with Crippen LogP contribution < -0.4 is 10.6 Å². The molecule has 0 spiro atoms. The van der Waals surface area contributed by atoms with Crippen molar-refractivity contribution in [1.29, 1.82) is 0 Å². The molecular weight excluding hydrogens is 285 g/mol. The lowest BCUT2D eigenvalue weighted by Crippen LogP contribution is -2.54. The molecule has 21 heavy (non-hydrogen) atoms. The Morgan fingerprint density at radius 3 is 2.48 bits per heavy atom. The first-order chi connectivity index (χ1) is 9.90. The Balaban J connectivity index is 1.88. The standard InChI is InChI=1S/C14H21F3N2O2/c15-14(16,17)12(10-3-1-2-4-10)19-13(21)18-11-6-5-9(7-11)8-20/h5-6,9-12,20H,1-4,7-8H2,(H2,18,19,21)/t9-,11+,12?/m0/s1. The van der Waals surface area contributed by atoms with E-state index < -0.39 is 24.2 Å². The van der Waals surface area contributed by atoms with Gasteiger partial charge in [0.05, 0.1) is 0 Å². The Morgan fingerprint density at radius 2 is 1.95 bits per heavy atom. The zero-order chi connectivity index (χ0) is 15.5. The van der Waals surface area contributed by atoms with Crippen molar-refractivity contribution in [3.63, 3.8) is 0 Å². The van der Waals surface area contributed by atoms with Crippen molar-refractivity contribution in [3.05, 3.63) is 12.2 Å². The van der Waals surface area contributed by atoms with E-state index in [1.807, 2.05) is 0 Å². The number of nitrogens with one attached hydrogen (secondary N) is 2. The second-order valence-electron chi connectivity index (χ2n) is 5.85. The van der Waals surface area contributed by atoms with Crippen LogP contribution in [-0.2, 0) is 0 Å². The van der Waals surface area contributed by atoms with Crippen molar-refractivity contribution in [1.82, 2.24) is 10.6 Å². The number of aliphatic hydroxyl groups is 1. The summed E-state index contributed by atoms with van der Waals surface area (Å²) in [6.45, 7) is -0.0243. The summed E-state index contributed by atoms with van der Waals surface area (Å²) >= 11 is 0. The maximum atomic E-state index is 13.1. The van der Waals surface area contributed by atoms with Crippen molar-refractivity contribution in [2.24, 2.45) is 11.8 Å². The smallest absolute Gasteiger partial charge is 0.396 e. The number of rotatable bonds is 4. The van der Waals surface area contributed by atoms with Gasteiger partial charge in [0, 0.05) is 18.6 Å². The summed E-state index contributed by atoms with van der Waals surface area (Å²) in [4.78, 5) is 11.8. The van der Waals surface area contributed by atoms with E-state index in [1.54, 1.807) is 12.2 Å². The van der Waals surface area contributed by atoms with Gasteiger partial charge in [-0.05, 0) is 25.2 Å². The number of halogens is 3. The molecule has 120 valence electrons. The third kappa shape index (κ3) is 4.36.